The van der Waals surface area contributed by atoms with Crippen LogP contribution in [-0.4, -0.2) is 32.2 Å². The number of hydrogen-bond acceptors (Lipinski definition) is 6. The lowest BCUT2D eigenvalue weighted by Crippen LogP contribution is -2.29. The Morgan fingerprint density at radius 3 is 2.70 bits per heavy atom. The van der Waals surface area contributed by atoms with Gasteiger partial charge in [0.05, 0.1) is 10.7 Å². The van der Waals surface area contributed by atoms with E-state index in [1.54, 1.807) is 13.0 Å². The summed E-state index contributed by atoms with van der Waals surface area (Å²) < 4.78 is 25.1. The molecule has 0 atom stereocenters. The fraction of sp³-hybridized carbons (Fsp3) is 0.364. The van der Waals surface area contributed by atoms with Gasteiger partial charge in [0, 0.05) is 24.8 Å². The van der Waals surface area contributed by atoms with Gasteiger partial charge in [-0.3, -0.25) is 10.1 Å². The molecule has 1 aromatic carbocycles. The van der Waals surface area contributed by atoms with Crippen molar-refractivity contribution in [3.05, 3.63) is 33.9 Å². The van der Waals surface area contributed by atoms with E-state index in [-0.39, 0.29) is 23.5 Å². The molecule has 0 heterocycles. The molecule has 0 radical (unpaired) electrons. The summed E-state index contributed by atoms with van der Waals surface area (Å²) in [6.07, 6.45) is 0. The van der Waals surface area contributed by atoms with Gasteiger partial charge in [0.25, 0.3) is 5.69 Å². The predicted molar refractivity (Wildman–Crippen MR) is 73.8 cm³/mol. The van der Waals surface area contributed by atoms with Crippen LogP contribution in [0.5, 0.6) is 0 Å². The molecular formula is C11H14N4O4S. The fourth-order valence-electron chi connectivity index (χ4n) is 1.52. The van der Waals surface area contributed by atoms with Crippen LogP contribution in [0.2, 0.25) is 0 Å². The molecule has 0 bridgehead atoms. The zero-order chi connectivity index (χ0) is 15.2. The first-order valence-corrected chi connectivity index (χ1v) is 7.44. The van der Waals surface area contributed by atoms with Gasteiger partial charge in [0.2, 0.25) is 10.0 Å². The second-order valence-corrected chi connectivity index (χ2v) is 5.77. The number of sulfonamides is 1. The molecule has 0 fully saturated rings. The lowest BCUT2D eigenvalue weighted by Gasteiger charge is -2.07. The zero-order valence-corrected chi connectivity index (χ0v) is 11.6. The van der Waals surface area contributed by atoms with Crippen LogP contribution < -0.4 is 10.0 Å². The smallest absolute Gasteiger partial charge is 0.287 e. The molecular weight excluding hydrogens is 284 g/mol. The Labute approximate surface area is 116 Å². The molecule has 0 amide bonds. The standard InChI is InChI=1S/C11H14N4O4S/c1-2-14-20(18,19)6-5-13-10-3-4-11(15(16)17)9(7-10)8-12/h3-4,7,13-14H,2,5-6H2,1H3. The zero-order valence-electron chi connectivity index (χ0n) is 10.8. The van der Waals surface area contributed by atoms with E-state index in [2.05, 4.69) is 10.0 Å². The van der Waals surface area contributed by atoms with Crippen molar-refractivity contribution in [1.29, 1.82) is 5.26 Å². The molecule has 108 valence electrons. The van der Waals surface area contributed by atoms with E-state index in [4.69, 9.17) is 5.26 Å². The average molecular weight is 298 g/mol. The highest BCUT2D eigenvalue weighted by Gasteiger charge is 2.14. The van der Waals surface area contributed by atoms with Crippen molar-refractivity contribution in [2.24, 2.45) is 0 Å². The normalized spacial score (nSPS) is 10.8. The molecule has 2 N–H and O–H groups in total. The van der Waals surface area contributed by atoms with E-state index in [1.807, 2.05) is 0 Å². The second kappa shape index (κ2) is 6.83. The Bertz CT molecular complexity index is 636. The van der Waals surface area contributed by atoms with Gasteiger partial charge >= 0.3 is 0 Å². The topological polar surface area (TPSA) is 125 Å². The van der Waals surface area contributed by atoms with Crippen LogP contribution in [0.4, 0.5) is 11.4 Å². The molecule has 9 heteroatoms. The number of benzene rings is 1. The van der Waals surface area contributed by atoms with E-state index >= 15 is 0 Å². The summed E-state index contributed by atoms with van der Waals surface area (Å²) in [5.41, 5.74) is 0.103. The Balaban J connectivity index is 2.71. The molecule has 0 unspecified atom stereocenters. The Morgan fingerprint density at radius 2 is 2.15 bits per heavy atom. The summed E-state index contributed by atoms with van der Waals surface area (Å²) in [6.45, 7) is 2.14. The predicted octanol–water partition coefficient (Wildman–Crippen LogP) is 0.818. The molecule has 0 aromatic heterocycles. The molecule has 1 rings (SSSR count). The van der Waals surface area contributed by atoms with Gasteiger partial charge < -0.3 is 5.32 Å². The average Bonchev–Trinajstić information content (AvgIpc) is 2.37. The summed E-state index contributed by atoms with van der Waals surface area (Å²) in [5.74, 6) is -0.125. The molecule has 0 aliphatic carbocycles. The quantitative estimate of drug-likeness (QED) is 0.567. The van der Waals surface area contributed by atoms with Gasteiger partial charge in [-0.05, 0) is 12.1 Å². The highest BCUT2D eigenvalue weighted by Crippen LogP contribution is 2.21. The second-order valence-electron chi connectivity index (χ2n) is 3.84. The number of nitrogens with zero attached hydrogens (tertiary/aromatic N) is 2. The first-order chi connectivity index (χ1) is 9.39. The maximum Gasteiger partial charge on any atom is 0.287 e. The molecule has 0 aliphatic heterocycles. The van der Waals surface area contributed by atoms with Crippen LogP contribution in [0, 0.1) is 21.4 Å². The van der Waals surface area contributed by atoms with Gasteiger partial charge in [-0.15, -0.1) is 0 Å². The molecule has 20 heavy (non-hydrogen) atoms. The molecule has 0 spiro atoms. The molecule has 0 aliphatic rings. The Hall–Kier alpha value is -2.18. The van der Waals surface area contributed by atoms with Crippen LogP contribution in [0.15, 0.2) is 18.2 Å². The minimum absolute atomic E-state index is 0.0745. The van der Waals surface area contributed by atoms with Crippen molar-refractivity contribution < 1.29 is 13.3 Å². The van der Waals surface area contributed by atoms with Crippen LogP contribution in [0.1, 0.15) is 12.5 Å². The van der Waals surface area contributed by atoms with Crippen molar-refractivity contribution in [2.75, 3.05) is 24.2 Å². The van der Waals surface area contributed by atoms with Gasteiger partial charge in [-0.2, -0.15) is 5.26 Å². The largest absolute Gasteiger partial charge is 0.384 e. The van der Waals surface area contributed by atoms with Gasteiger partial charge in [-0.1, -0.05) is 6.92 Å². The highest BCUT2D eigenvalue weighted by molar-refractivity contribution is 7.89. The Kier molecular flexibility index (Phi) is 5.42. The summed E-state index contributed by atoms with van der Waals surface area (Å²) >= 11 is 0. The van der Waals surface area contributed by atoms with E-state index in [9.17, 15) is 18.5 Å². The van der Waals surface area contributed by atoms with Crippen molar-refractivity contribution in [3.63, 3.8) is 0 Å². The number of nitrogens with one attached hydrogen (secondary N) is 2. The number of hydrogen-bond donors (Lipinski definition) is 2. The number of nitriles is 1. The van der Waals surface area contributed by atoms with Crippen LogP contribution in [0.3, 0.4) is 0 Å². The minimum Gasteiger partial charge on any atom is -0.384 e. The van der Waals surface area contributed by atoms with Gasteiger partial charge in [-0.25, -0.2) is 13.1 Å². The van der Waals surface area contributed by atoms with Crippen molar-refractivity contribution in [2.45, 2.75) is 6.92 Å². The number of rotatable bonds is 7. The molecule has 0 saturated carbocycles. The summed E-state index contributed by atoms with van der Waals surface area (Å²) in [5, 5.41) is 22.3. The Morgan fingerprint density at radius 1 is 1.45 bits per heavy atom. The molecule has 1 aromatic rings. The van der Waals surface area contributed by atoms with E-state index in [0.29, 0.717) is 12.2 Å². The third-order valence-electron chi connectivity index (χ3n) is 2.38. The third-order valence-corrected chi connectivity index (χ3v) is 3.85. The van der Waals surface area contributed by atoms with Crippen molar-refractivity contribution in [1.82, 2.24) is 4.72 Å². The van der Waals surface area contributed by atoms with Crippen molar-refractivity contribution >= 4 is 21.4 Å². The number of anilines is 1. The summed E-state index contributed by atoms with van der Waals surface area (Å²) in [6, 6.07) is 5.69. The number of nitro groups is 1. The minimum atomic E-state index is -3.32. The van der Waals surface area contributed by atoms with Crippen LogP contribution in [-0.2, 0) is 10.0 Å². The fourth-order valence-corrected chi connectivity index (χ4v) is 2.47. The monoisotopic (exact) mass is 298 g/mol. The van der Waals surface area contributed by atoms with E-state index in [0.717, 1.165) is 0 Å². The third kappa shape index (κ3) is 4.49. The number of nitro benzene ring substituents is 1. The first-order valence-electron chi connectivity index (χ1n) is 5.79. The highest BCUT2D eigenvalue weighted by atomic mass is 32.2. The lowest BCUT2D eigenvalue weighted by molar-refractivity contribution is -0.385. The molecule has 0 saturated heterocycles. The van der Waals surface area contributed by atoms with Crippen molar-refractivity contribution in [3.8, 4) is 6.07 Å². The molecule has 8 nitrogen and oxygen atoms in total. The van der Waals surface area contributed by atoms with E-state index < -0.39 is 14.9 Å². The van der Waals surface area contributed by atoms with E-state index in [1.165, 1.54) is 18.2 Å². The SMILES string of the molecule is CCNS(=O)(=O)CCNc1ccc([N+](=O)[O-])c(C#N)c1. The van der Waals surface area contributed by atoms with Gasteiger partial charge in [0.15, 0.2) is 0 Å². The lowest BCUT2D eigenvalue weighted by atomic mass is 10.2. The maximum absolute atomic E-state index is 11.4. The van der Waals surface area contributed by atoms with Crippen LogP contribution >= 0.6 is 0 Å². The van der Waals surface area contributed by atoms with Gasteiger partial charge in [0.1, 0.15) is 11.6 Å². The maximum atomic E-state index is 11.4. The first kappa shape index (κ1) is 15.9. The summed E-state index contributed by atoms with van der Waals surface area (Å²) in [4.78, 5) is 10.0. The summed E-state index contributed by atoms with van der Waals surface area (Å²) in [7, 11) is -3.32. The van der Waals surface area contributed by atoms with Crippen LogP contribution in [0.25, 0.3) is 0 Å².